The standard InChI is InChI=1S/C13H11FN2O2/c14-9-3-5-10(6-4-9)18-12-7-11(17)15-13(16-12)8-1-2-8/h3-8H,1-2H2,(H,15,16,17). The number of halogens is 1. The highest BCUT2D eigenvalue weighted by atomic mass is 19.1. The van der Waals surface area contributed by atoms with Crippen LogP contribution in [-0.2, 0) is 0 Å². The molecule has 4 nitrogen and oxygen atoms in total. The largest absolute Gasteiger partial charge is 0.439 e. The van der Waals surface area contributed by atoms with Crippen LogP contribution in [0.1, 0.15) is 24.6 Å². The second-order valence-electron chi connectivity index (χ2n) is 4.30. The van der Waals surface area contributed by atoms with Gasteiger partial charge in [-0.05, 0) is 37.1 Å². The molecule has 0 unspecified atom stereocenters. The van der Waals surface area contributed by atoms with E-state index >= 15 is 0 Å². The maximum Gasteiger partial charge on any atom is 0.254 e. The van der Waals surface area contributed by atoms with E-state index in [1.165, 1.54) is 30.3 Å². The number of ether oxygens (including phenoxy) is 1. The summed E-state index contributed by atoms with van der Waals surface area (Å²) in [6, 6.07) is 6.87. The van der Waals surface area contributed by atoms with Gasteiger partial charge in [-0.1, -0.05) is 0 Å². The Kier molecular flexibility index (Phi) is 2.59. The van der Waals surface area contributed by atoms with E-state index in [0.29, 0.717) is 17.5 Å². The molecule has 5 heteroatoms. The normalized spacial score (nSPS) is 14.5. The SMILES string of the molecule is O=c1cc(Oc2ccc(F)cc2)nc(C2CC2)[nH]1. The molecule has 1 aliphatic carbocycles. The number of H-pyrrole nitrogens is 1. The Hall–Kier alpha value is -2.17. The Morgan fingerprint density at radius 2 is 2.00 bits per heavy atom. The lowest BCUT2D eigenvalue weighted by Crippen LogP contribution is -2.10. The van der Waals surface area contributed by atoms with E-state index in [1.54, 1.807) is 0 Å². The Bertz CT molecular complexity index is 618. The lowest BCUT2D eigenvalue weighted by Gasteiger charge is -2.05. The van der Waals surface area contributed by atoms with Gasteiger partial charge in [-0.3, -0.25) is 4.79 Å². The molecule has 1 aliphatic rings. The molecule has 0 saturated heterocycles. The number of rotatable bonds is 3. The first-order chi connectivity index (χ1) is 8.70. The molecule has 1 heterocycles. The topological polar surface area (TPSA) is 55.0 Å². The van der Waals surface area contributed by atoms with Crippen LogP contribution in [0, 0.1) is 5.82 Å². The molecule has 3 rings (SSSR count). The summed E-state index contributed by atoms with van der Waals surface area (Å²) in [4.78, 5) is 18.4. The third kappa shape index (κ3) is 2.40. The molecule has 0 radical (unpaired) electrons. The van der Waals surface area contributed by atoms with Crippen molar-refractivity contribution >= 4 is 0 Å². The minimum absolute atomic E-state index is 0.232. The van der Waals surface area contributed by atoms with Crippen molar-refractivity contribution in [3.05, 3.63) is 52.3 Å². The van der Waals surface area contributed by atoms with Crippen molar-refractivity contribution in [1.29, 1.82) is 0 Å². The van der Waals surface area contributed by atoms with Gasteiger partial charge in [0, 0.05) is 5.92 Å². The van der Waals surface area contributed by atoms with Crippen LogP contribution in [0.5, 0.6) is 11.6 Å². The van der Waals surface area contributed by atoms with Crippen molar-refractivity contribution in [2.75, 3.05) is 0 Å². The van der Waals surface area contributed by atoms with Crippen LogP contribution in [0.25, 0.3) is 0 Å². The van der Waals surface area contributed by atoms with Gasteiger partial charge in [0.05, 0.1) is 6.07 Å². The van der Waals surface area contributed by atoms with E-state index in [-0.39, 0.29) is 17.3 Å². The highest BCUT2D eigenvalue weighted by molar-refractivity contribution is 5.27. The number of hydrogen-bond donors (Lipinski definition) is 1. The van der Waals surface area contributed by atoms with Gasteiger partial charge >= 0.3 is 0 Å². The Morgan fingerprint density at radius 1 is 1.28 bits per heavy atom. The van der Waals surface area contributed by atoms with Crippen LogP contribution < -0.4 is 10.3 Å². The average molecular weight is 246 g/mol. The summed E-state index contributed by atoms with van der Waals surface area (Å²) in [7, 11) is 0. The van der Waals surface area contributed by atoms with Crippen LogP contribution in [0.2, 0.25) is 0 Å². The molecule has 2 aromatic rings. The molecular weight excluding hydrogens is 235 g/mol. The first-order valence-corrected chi connectivity index (χ1v) is 5.75. The predicted molar refractivity (Wildman–Crippen MR) is 63.3 cm³/mol. The maximum atomic E-state index is 12.7. The summed E-state index contributed by atoms with van der Waals surface area (Å²) >= 11 is 0. The van der Waals surface area contributed by atoms with Gasteiger partial charge in [0.2, 0.25) is 5.88 Å². The van der Waals surface area contributed by atoms with Crippen LogP contribution >= 0.6 is 0 Å². The molecule has 92 valence electrons. The smallest absolute Gasteiger partial charge is 0.254 e. The molecular formula is C13H11FN2O2. The van der Waals surface area contributed by atoms with E-state index in [1.807, 2.05) is 0 Å². The lowest BCUT2D eigenvalue weighted by atomic mass is 10.3. The summed E-state index contributed by atoms with van der Waals surface area (Å²) in [5, 5.41) is 0. The van der Waals surface area contributed by atoms with Gasteiger partial charge in [0.1, 0.15) is 17.4 Å². The molecule has 1 N–H and O–H groups in total. The van der Waals surface area contributed by atoms with E-state index in [9.17, 15) is 9.18 Å². The van der Waals surface area contributed by atoms with Gasteiger partial charge in [0.25, 0.3) is 5.56 Å². The quantitative estimate of drug-likeness (QED) is 0.905. The maximum absolute atomic E-state index is 12.7. The van der Waals surface area contributed by atoms with Crippen LogP contribution in [0.3, 0.4) is 0 Å². The zero-order valence-electron chi connectivity index (χ0n) is 9.52. The van der Waals surface area contributed by atoms with Crippen molar-refractivity contribution in [1.82, 2.24) is 9.97 Å². The third-order valence-electron chi connectivity index (χ3n) is 2.74. The monoisotopic (exact) mass is 246 g/mol. The molecule has 0 spiro atoms. The number of hydrogen-bond acceptors (Lipinski definition) is 3. The molecule has 18 heavy (non-hydrogen) atoms. The lowest BCUT2D eigenvalue weighted by molar-refractivity contribution is 0.456. The zero-order valence-corrected chi connectivity index (χ0v) is 9.52. The second kappa shape index (κ2) is 4.25. The predicted octanol–water partition coefficient (Wildman–Crippen LogP) is 2.58. The van der Waals surface area contributed by atoms with E-state index in [4.69, 9.17) is 4.74 Å². The van der Waals surface area contributed by atoms with Crippen molar-refractivity contribution < 1.29 is 9.13 Å². The second-order valence-corrected chi connectivity index (χ2v) is 4.30. The molecule has 0 aliphatic heterocycles. The number of aromatic nitrogens is 2. The summed E-state index contributed by atoms with van der Waals surface area (Å²) < 4.78 is 18.2. The van der Waals surface area contributed by atoms with Crippen LogP contribution in [0.15, 0.2) is 35.1 Å². The molecule has 1 aromatic carbocycles. The molecule has 1 aromatic heterocycles. The fourth-order valence-electron chi connectivity index (χ4n) is 1.68. The fourth-order valence-corrected chi connectivity index (χ4v) is 1.68. The van der Waals surface area contributed by atoms with Gasteiger partial charge in [-0.2, -0.15) is 4.98 Å². The van der Waals surface area contributed by atoms with E-state index in [0.717, 1.165) is 12.8 Å². The fraction of sp³-hybridized carbons (Fsp3) is 0.231. The van der Waals surface area contributed by atoms with Crippen LogP contribution in [0.4, 0.5) is 4.39 Å². The van der Waals surface area contributed by atoms with Crippen molar-refractivity contribution in [3.8, 4) is 11.6 Å². The summed E-state index contributed by atoms with van der Waals surface area (Å²) in [6.07, 6.45) is 2.09. The summed E-state index contributed by atoms with van der Waals surface area (Å²) in [5.41, 5.74) is -0.232. The first kappa shape index (κ1) is 11.0. The summed E-state index contributed by atoms with van der Waals surface area (Å²) in [5.74, 6) is 1.37. The Balaban J connectivity index is 1.87. The Morgan fingerprint density at radius 3 is 2.67 bits per heavy atom. The van der Waals surface area contributed by atoms with Gasteiger partial charge in [-0.15, -0.1) is 0 Å². The third-order valence-corrected chi connectivity index (χ3v) is 2.74. The van der Waals surface area contributed by atoms with E-state index < -0.39 is 0 Å². The van der Waals surface area contributed by atoms with E-state index in [2.05, 4.69) is 9.97 Å². The number of aromatic amines is 1. The number of nitrogens with one attached hydrogen (secondary N) is 1. The minimum atomic E-state index is -0.333. The zero-order chi connectivity index (χ0) is 12.5. The molecule has 0 bridgehead atoms. The van der Waals surface area contributed by atoms with Crippen molar-refractivity contribution in [3.63, 3.8) is 0 Å². The molecule has 0 atom stereocenters. The van der Waals surface area contributed by atoms with Crippen molar-refractivity contribution in [2.45, 2.75) is 18.8 Å². The average Bonchev–Trinajstić information content (AvgIpc) is 3.15. The minimum Gasteiger partial charge on any atom is -0.439 e. The Labute approximate surface area is 102 Å². The molecule has 0 amide bonds. The van der Waals surface area contributed by atoms with Gasteiger partial charge < -0.3 is 9.72 Å². The van der Waals surface area contributed by atoms with Gasteiger partial charge in [-0.25, -0.2) is 4.39 Å². The van der Waals surface area contributed by atoms with Crippen LogP contribution in [-0.4, -0.2) is 9.97 Å². The highest BCUT2D eigenvalue weighted by Crippen LogP contribution is 2.38. The highest BCUT2D eigenvalue weighted by Gasteiger charge is 2.26. The van der Waals surface area contributed by atoms with Crippen molar-refractivity contribution in [2.24, 2.45) is 0 Å². The molecule has 1 saturated carbocycles. The first-order valence-electron chi connectivity index (χ1n) is 5.75. The number of nitrogens with zero attached hydrogens (tertiary/aromatic N) is 1. The van der Waals surface area contributed by atoms with Gasteiger partial charge in [0.15, 0.2) is 0 Å². The number of benzene rings is 1. The molecule has 1 fully saturated rings. The summed E-state index contributed by atoms with van der Waals surface area (Å²) in [6.45, 7) is 0.